The van der Waals surface area contributed by atoms with E-state index in [1.807, 2.05) is 0 Å². The van der Waals surface area contributed by atoms with E-state index in [1.165, 1.54) is 0 Å². The summed E-state index contributed by atoms with van der Waals surface area (Å²) in [4.78, 5) is 10.2. The molecule has 1 saturated heterocycles. The Morgan fingerprint density at radius 1 is 1.75 bits per heavy atom. The van der Waals surface area contributed by atoms with Gasteiger partial charge in [0.25, 0.3) is 0 Å². The molecule has 1 fully saturated rings. The van der Waals surface area contributed by atoms with Crippen LogP contribution in [0.1, 0.15) is 13.3 Å². The van der Waals surface area contributed by atoms with E-state index in [9.17, 15) is 4.79 Å². The molecule has 1 rings (SSSR count). The lowest BCUT2D eigenvalue weighted by molar-refractivity contribution is -0.109. The van der Waals surface area contributed by atoms with Gasteiger partial charge in [0.15, 0.2) is 0 Å². The van der Waals surface area contributed by atoms with E-state index in [0.717, 1.165) is 19.3 Å². The maximum Gasteiger partial charge on any atom is 0.137 e. The fraction of sp³-hybridized carbons (Fsp3) is 0.833. The van der Waals surface area contributed by atoms with Crippen LogP contribution in [0.25, 0.3) is 0 Å². The molecule has 46 valence electrons. The van der Waals surface area contributed by atoms with Crippen molar-refractivity contribution in [3.05, 3.63) is 0 Å². The summed E-state index contributed by atoms with van der Waals surface area (Å²) in [7, 11) is 0. The second-order valence-corrected chi connectivity index (χ2v) is 2.38. The zero-order valence-electron chi connectivity index (χ0n) is 5.05. The fourth-order valence-electron chi connectivity index (χ4n) is 1.04. The molecule has 0 saturated carbocycles. The van der Waals surface area contributed by atoms with Gasteiger partial charge in [0.2, 0.25) is 0 Å². The highest BCUT2D eigenvalue weighted by molar-refractivity contribution is 5.58. The lowest BCUT2D eigenvalue weighted by atomic mass is 10.1. The fourth-order valence-corrected chi connectivity index (χ4v) is 1.04. The number of nitrogens with one attached hydrogen (secondary N) is 1. The van der Waals surface area contributed by atoms with Crippen LogP contribution < -0.4 is 5.32 Å². The Morgan fingerprint density at radius 2 is 2.50 bits per heavy atom. The smallest absolute Gasteiger partial charge is 0.137 e. The van der Waals surface area contributed by atoms with E-state index < -0.39 is 0 Å². The van der Waals surface area contributed by atoms with Gasteiger partial charge in [0, 0.05) is 0 Å². The average Bonchev–Trinajstić information content (AvgIpc) is 2.14. The van der Waals surface area contributed by atoms with Crippen molar-refractivity contribution in [1.29, 1.82) is 0 Å². The van der Waals surface area contributed by atoms with Gasteiger partial charge in [0.05, 0.1) is 6.04 Å². The van der Waals surface area contributed by atoms with Gasteiger partial charge in [-0.25, -0.2) is 0 Å². The first-order valence-corrected chi connectivity index (χ1v) is 3.03. The zero-order valence-corrected chi connectivity index (χ0v) is 5.05. The molecule has 1 aliphatic rings. The summed E-state index contributed by atoms with van der Waals surface area (Å²) in [6, 6.07) is 0.134. The number of carbonyl (C=O) groups excluding carboxylic acids is 1. The van der Waals surface area contributed by atoms with E-state index >= 15 is 0 Å². The predicted molar refractivity (Wildman–Crippen MR) is 31.6 cm³/mol. The molecule has 0 unspecified atom stereocenters. The summed E-state index contributed by atoms with van der Waals surface area (Å²) >= 11 is 0. The molecule has 0 aromatic heterocycles. The molecule has 1 N–H and O–H groups in total. The first kappa shape index (κ1) is 5.76. The van der Waals surface area contributed by atoms with Crippen LogP contribution in [0.4, 0.5) is 0 Å². The number of hydrogen-bond donors (Lipinski definition) is 1. The van der Waals surface area contributed by atoms with Crippen molar-refractivity contribution in [2.24, 2.45) is 5.92 Å². The highest BCUT2D eigenvalue weighted by Crippen LogP contribution is 2.11. The Balaban J connectivity index is 2.41. The first-order valence-electron chi connectivity index (χ1n) is 3.03. The molecular formula is C6H11NO. The van der Waals surface area contributed by atoms with Crippen LogP contribution in [0, 0.1) is 5.92 Å². The van der Waals surface area contributed by atoms with Crippen LogP contribution in [0.2, 0.25) is 0 Å². The standard InChI is InChI=1S/C6H11NO/c1-5-2-3-7-6(5)4-8/h4-7H,2-3H2,1H3/t5-,6-/m1/s1. The first-order chi connectivity index (χ1) is 3.84. The molecule has 0 amide bonds. The van der Waals surface area contributed by atoms with Crippen LogP contribution in [-0.4, -0.2) is 18.9 Å². The predicted octanol–water partition coefficient (Wildman–Crippen LogP) is 0.183. The van der Waals surface area contributed by atoms with Crippen LogP contribution in [0.3, 0.4) is 0 Å². The number of hydrogen-bond acceptors (Lipinski definition) is 2. The summed E-state index contributed by atoms with van der Waals surface area (Å²) in [6.45, 7) is 3.10. The quantitative estimate of drug-likeness (QED) is 0.491. The van der Waals surface area contributed by atoms with Crippen molar-refractivity contribution in [2.75, 3.05) is 6.54 Å². The van der Waals surface area contributed by atoms with Crippen molar-refractivity contribution in [3.63, 3.8) is 0 Å². The maximum atomic E-state index is 10.2. The Hall–Kier alpha value is -0.370. The minimum atomic E-state index is 0.134. The summed E-state index contributed by atoms with van der Waals surface area (Å²) in [5.74, 6) is 0.549. The van der Waals surface area contributed by atoms with Gasteiger partial charge in [-0.2, -0.15) is 0 Å². The third kappa shape index (κ3) is 0.892. The minimum absolute atomic E-state index is 0.134. The van der Waals surface area contributed by atoms with Crippen molar-refractivity contribution in [3.8, 4) is 0 Å². The molecule has 0 bridgehead atoms. The maximum absolute atomic E-state index is 10.2. The SMILES string of the molecule is C[C@@H]1CCN[C@@H]1C=O. The average molecular weight is 113 g/mol. The van der Waals surface area contributed by atoms with E-state index in [0.29, 0.717) is 5.92 Å². The molecule has 8 heavy (non-hydrogen) atoms. The number of rotatable bonds is 1. The molecule has 2 heteroatoms. The van der Waals surface area contributed by atoms with E-state index in [1.54, 1.807) is 0 Å². The topological polar surface area (TPSA) is 29.1 Å². The third-order valence-electron chi connectivity index (χ3n) is 1.74. The van der Waals surface area contributed by atoms with E-state index in [2.05, 4.69) is 12.2 Å². The summed E-state index contributed by atoms with van der Waals surface area (Å²) in [6.07, 6.45) is 2.14. The second-order valence-electron chi connectivity index (χ2n) is 2.38. The zero-order chi connectivity index (χ0) is 5.98. The van der Waals surface area contributed by atoms with Crippen molar-refractivity contribution >= 4 is 6.29 Å². The molecule has 2 nitrogen and oxygen atoms in total. The highest BCUT2D eigenvalue weighted by atomic mass is 16.1. The molecule has 0 spiro atoms. The van der Waals surface area contributed by atoms with Gasteiger partial charge in [-0.15, -0.1) is 0 Å². The Kier molecular flexibility index (Phi) is 1.63. The molecule has 1 aliphatic heterocycles. The molecule has 0 radical (unpaired) electrons. The van der Waals surface area contributed by atoms with Crippen LogP contribution >= 0.6 is 0 Å². The Labute approximate surface area is 49.3 Å². The van der Waals surface area contributed by atoms with Crippen LogP contribution in [0.5, 0.6) is 0 Å². The van der Waals surface area contributed by atoms with E-state index in [4.69, 9.17) is 0 Å². The summed E-state index contributed by atoms with van der Waals surface area (Å²) in [5.41, 5.74) is 0. The Morgan fingerprint density at radius 3 is 2.75 bits per heavy atom. The molecular weight excluding hydrogens is 102 g/mol. The molecule has 2 atom stereocenters. The van der Waals surface area contributed by atoms with Gasteiger partial charge in [-0.3, -0.25) is 0 Å². The van der Waals surface area contributed by atoms with Crippen molar-refractivity contribution < 1.29 is 4.79 Å². The second kappa shape index (κ2) is 2.27. The molecule has 0 aliphatic carbocycles. The number of carbonyl (C=O) groups is 1. The largest absolute Gasteiger partial charge is 0.307 e. The number of aldehydes is 1. The van der Waals surface area contributed by atoms with E-state index in [-0.39, 0.29) is 6.04 Å². The lowest BCUT2D eigenvalue weighted by Crippen LogP contribution is -2.26. The summed E-state index contributed by atoms with van der Waals surface area (Å²) < 4.78 is 0. The van der Waals surface area contributed by atoms with Crippen LogP contribution in [0.15, 0.2) is 0 Å². The van der Waals surface area contributed by atoms with Crippen LogP contribution in [-0.2, 0) is 4.79 Å². The van der Waals surface area contributed by atoms with Gasteiger partial charge in [-0.05, 0) is 18.9 Å². The van der Waals surface area contributed by atoms with Gasteiger partial charge >= 0.3 is 0 Å². The molecule has 1 heterocycles. The minimum Gasteiger partial charge on any atom is -0.307 e. The monoisotopic (exact) mass is 113 g/mol. The van der Waals surface area contributed by atoms with Crippen molar-refractivity contribution in [2.45, 2.75) is 19.4 Å². The highest BCUT2D eigenvalue weighted by Gasteiger charge is 2.20. The van der Waals surface area contributed by atoms with Gasteiger partial charge in [0.1, 0.15) is 6.29 Å². The van der Waals surface area contributed by atoms with Crippen molar-refractivity contribution in [1.82, 2.24) is 5.32 Å². The summed E-state index contributed by atoms with van der Waals surface area (Å²) in [5, 5.41) is 3.09. The molecule has 0 aromatic carbocycles. The van der Waals surface area contributed by atoms with Gasteiger partial charge < -0.3 is 10.1 Å². The lowest BCUT2D eigenvalue weighted by Gasteiger charge is -2.04. The van der Waals surface area contributed by atoms with Gasteiger partial charge in [-0.1, -0.05) is 6.92 Å². The third-order valence-corrected chi connectivity index (χ3v) is 1.74. The normalized spacial score (nSPS) is 37.6. The molecule has 0 aromatic rings. The Bertz CT molecular complexity index is 92.5.